The predicted octanol–water partition coefficient (Wildman–Crippen LogP) is 12.4. The minimum absolute atomic E-state index is 0.368. The van der Waals surface area contributed by atoms with Gasteiger partial charge in [0.15, 0.2) is 0 Å². The molecule has 2 nitrogen and oxygen atoms in total. The third-order valence-corrected chi connectivity index (χ3v) is 10.1. The van der Waals surface area contributed by atoms with E-state index >= 15 is 0 Å². The third kappa shape index (κ3) is 23.0. The maximum Gasteiger partial charge on any atom is -0.00487 e. The molecule has 0 aliphatic rings. The van der Waals surface area contributed by atoms with Crippen LogP contribution >= 0.6 is 0 Å². The van der Waals surface area contributed by atoms with Crippen molar-refractivity contribution in [2.75, 3.05) is 13.1 Å². The zero-order valence-corrected chi connectivity index (χ0v) is 33.0. The van der Waals surface area contributed by atoms with E-state index < -0.39 is 0 Å². The summed E-state index contributed by atoms with van der Waals surface area (Å²) in [6, 6.07) is 0. The summed E-state index contributed by atoms with van der Waals surface area (Å²) in [5.74, 6) is 5.69. The molecule has 0 aromatic carbocycles. The largest absolute Gasteiger partial charge is 0.330 e. The SMILES string of the molecule is CC(CCC(CC(CN)CC(CN)CC(CCC(C)CC(C)(C)C)C(C)CC(C)(C)C)C(C)CC(C)(C)C)CC(C)(C)C. The fraction of sp³-hybridized carbons (Fsp3) is 1.00. The number of nitrogens with two attached hydrogens (primary N) is 2. The van der Waals surface area contributed by atoms with Crippen molar-refractivity contribution in [1.82, 2.24) is 0 Å². The Hall–Kier alpha value is -0.0800. The first-order valence-electron chi connectivity index (χ1n) is 18.7. The van der Waals surface area contributed by atoms with Gasteiger partial charge in [-0.05, 0) is 140 Å². The quantitative estimate of drug-likeness (QED) is 0.145. The summed E-state index contributed by atoms with van der Waals surface area (Å²) in [5.41, 5.74) is 14.7. The number of hydrogen-bond donors (Lipinski definition) is 2. The second-order valence-electron chi connectivity index (χ2n) is 20.8. The van der Waals surface area contributed by atoms with Crippen molar-refractivity contribution in [1.29, 1.82) is 0 Å². The molecule has 8 atom stereocenters. The van der Waals surface area contributed by atoms with E-state index in [9.17, 15) is 0 Å². The zero-order chi connectivity index (χ0) is 33.8. The summed E-state index contributed by atoms with van der Waals surface area (Å²) in [6.45, 7) is 40.4. The monoisotopic (exact) mass is 607 g/mol. The van der Waals surface area contributed by atoms with Crippen molar-refractivity contribution < 1.29 is 0 Å². The van der Waals surface area contributed by atoms with Crippen molar-refractivity contribution in [3.8, 4) is 0 Å². The van der Waals surface area contributed by atoms with E-state index in [1.807, 2.05) is 0 Å². The van der Waals surface area contributed by atoms with Crippen LogP contribution in [0.25, 0.3) is 0 Å². The Balaban J connectivity index is 5.70. The fourth-order valence-electron chi connectivity index (χ4n) is 8.73. The van der Waals surface area contributed by atoms with Crippen molar-refractivity contribution in [3.63, 3.8) is 0 Å². The lowest BCUT2D eigenvalue weighted by atomic mass is 9.70. The Labute approximate surface area is 274 Å². The highest BCUT2D eigenvalue weighted by molar-refractivity contribution is 4.82. The van der Waals surface area contributed by atoms with Crippen LogP contribution in [-0.4, -0.2) is 13.1 Å². The lowest BCUT2D eigenvalue weighted by molar-refractivity contribution is 0.157. The van der Waals surface area contributed by atoms with E-state index in [1.165, 1.54) is 70.6 Å². The van der Waals surface area contributed by atoms with Gasteiger partial charge in [0.05, 0.1) is 0 Å². The predicted molar refractivity (Wildman–Crippen MR) is 197 cm³/mol. The lowest BCUT2D eigenvalue weighted by Gasteiger charge is -2.36. The summed E-state index contributed by atoms with van der Waals surface area (Å²) < 4.78 is 0. The van der Waals surface area contributed by atoms with Crippen LogP contribution in [0.2, 0.25) is 0 Å². The van der Waals surface area contributed by atoms with E-state index in [0.717, 1.165) is 48.6 Å². The molecular formula is C41H86N2. The van der Waals surface area contributed by atoms with Gasteiger partial charge in [0.1, 0.15) is 0 Å². The Morgan fingerprint density at radius 1 is 0.395 bits per heavy atom. The first-order valence-corrected chi connectivity index (χ1v) is 18.7. The van der Waals surface area contributed by atoms with Gasteiger partial charge in [-0.3, -0.25) is 0 Å². The van der Waals surface area contributed by atoms with Crippen molar-refractivity contribution in [2.24, 2.45) is 80.5 Å². The highest BCUT2D eigenvalue weighted by atomic mass is 14.6. The van der Waals surface area contributed by atoms with Crippen molar-refractivity contribution in [3.05, 3.63) is 0 Å². The zero-order valence-electron chi connectivity index (χ0n) is 33.0. The minimum Gasteiger partial charge on any atom is -0.330 e. The van der Waals surface area contributed by atoms with Crippen LogP contribution in [0.4, 0.5) is 0 Å². The molecular weight excluding hydrogens is 520 g/mol. The van der Waals surface area contributed by atoms with Crippen LogP contribution in [0.3, 0.4) is 0 Å². The van der Waals surface area contributed by atoms with Crippen LogP contribution in [0.1, 0.15) is 181 Å². The average molecular weight is 607 g/mol. The first-order chi connectivity index (χ1) is 19.3. The molecule has 0 rings (SSSR count). The van der Waals surface area contributed by atoms with Gasteiger partial charge in [-0.15, -0.1) is 0 Å². The molecule has 0 saturated heterocycles. The molecule has 0 heterocycles. The summed E-state index contributed by atoms with van der Waals surface area (Å²) in [4.78, 5) is 0. The van der Waals surface area contributed by atoms with Crippen LogP contribution in [0.5, 0.6) is 0 Å². The maximum absolute atomic E-state index is 6.58. The number of rotatable bonds is 20. The molecule has 0 saturated carbocycles. The van der Waals surface area contributed by atoms with E-state index in [-0.39, 0.29) is 0 Å². The third-order valence-electron chi connectivity index (χ3n) is 10.1. The Kier molecular flexibility index (Phi) is 18.9. The molecule has 0 radical (unpaired) electrons. The average Bonchev–Trinajstić information content (AvgIpc) is 2.77. The van der Waals surface area contributed by atoms with Crippen LogP contribution < -0.4 is 11.5 Å². The van der Waals surface area contributed by atoms with Crippen LogP contribution in [0.15, 0.2) is 0 Å². The summed E-state index contributed by atoms with van der Waals surface area (Å²) in [6.07, 6.45) is 14.3. The highest BCUT2D eigenvalue weighted by Crippen LogP contribution is 2.40. The first kappa shape index (κ1) is 42.9. The highest BCUT2D eigenvalue weighted by Gasteiger charge is 2.30. The lowest BCUT2D eigenvalue weighted by Crippen LogP contribution is -2.30. The van der Waals surface area contributed by atoms with Crippen LogP contribution in [-0.2, 0) is 0 Å². The van der Waals surface area contributed by atoms with E-state index in [1.54, 1.807) is 0 Å². The van der Waals surface area contributed by atoms with Gasteiger partial charge in [0.25, 0.3) is 0 Å². The molecule has 0 amide bonds. The summed E-state index contributed by atoms with van der Waals surface area (Å²) >= 11 is 0. The van der Waals surface area contributed by atoms with Gasteiger partial charge >= 0.3 is 0 Å². The van der Waals surface area contributed by atoms with Crippen molar-refractivity contribution in [2.45, 2.75) is 181 Å². The standard InChI is InChI=1S/C41H86N2/c1-30(24-38(5,6)7)17-19-36(32(3)26-40(11,12)13)22-34(28-42)21-35(29-43)23-37(33(4)27-41(14,15)16)20-18-31(2)25-39(8,9)10/h30-37H,17-29,42-43H2,1-16H3. The maximum atomic E-state index is 6.58. The molecule has 0 aromatic rings. The Morgan fingerprint density at radius 3 is 0.907 bits per heavy atom. The van der Waals surface area contributed by atoms with Gasteiger partial charge in [-0.25, -0.2) is 0 Å². The molecule has 0 aliphatic carbocycles. The summed E-state index contributed by atoms with van der Waals surface area (Å²) in [7, 11) is 0. The summed E-state index contributed by atoms with van der Waals surface area (Å²) in [5, 5.41) is 0. The molecule has 0 bridgehead atoms. The number of hydrogen-bond acceptors (Lipinski definition) is 2. The topological polar surface area (TPSA) is 52.0 Å². The van der Waals surface area contributed by atoms with E-state index in [4.69, 9.17) is 11.5 Å². The van der Waals surface area contributed by atoms with Gasteiger partial charge < -0.3 is 11.5 Å². The molecule has 260 valence electrons. The normalized spacial score (nSPS) is 19.4. The molecule has 8 unspecified atom stereocenters. The Morgan fingerprint density at radius 2 is 0.674 bits per heavy atom. The van der Waals surface area contributed by atoms with Crippen LogP contribution in [0, 0.1) is 69.0 Å². The minimum atomic E-state index is 0.368. The molecule has 0 fully saturated rings. The molecule has 4 N–H and O–H groups in total. The second-order valence-corrected chi connectivity index (χ2v) is 20.8. The molecule has 0 spiro atoms. The van der Waals surface area contributed by atoms with Crippen molar-refractivity contribution >= 4 is 0 Å². The molecule has 0 aromatic heterocycles. The van der Waals surface area contributed by atoms with Gasteiger partial charge in [0, 0.05) is 0 Å². The smallest absolute Gasteiger partial charge is 0.00487 e. The van der Waals surface area contributed by atoms with E-state index in [0.29, 0.717) is 33.5 Å². The molecule has 43 heavy (non-hydrogen) atoms. The molecule has 2 heteroatoms. The van der Waals surface area contributed by atoms with Gasteiger partial charge in [0.2, 0.25) is 0 Å². The fourth-order valence-corrected chi connectivity index (χ4v) is 8.73. The molecule has 0 aliphatic heterocycles. The Bertz CT molecular complexity index is 637. The van der Waals surface area contributed by atoms with E-state index in [2.05, 4.69) is 111 Å². The second kappa shape index (κ2) is 18.9. The van der Waals surface area contributed by atoms with Gasteiger partial charge in [-0.2, -0.15) is 0 Å². The van der Waals surface area contributed by atoms with Gasteiger partial charge in [-0.1, -0.05) is 124 Å².